The van der Waals surface area contributed by atoms with Crippen molar-refractivity contribution in [2.75, 3.05) is 13.1 Å². The molecule has 5 heteroatoms. The van der Waals surface area contributed by atoms with E-state index in [0.29, 0.717) is 29.6 Å². The lowest BCUT2D eigenvalue weighted by molar-refractivity contribution is 0.0262. The van der Waals surface area contributed by atoms with E-state index in [1.54, 1.807) is 11.0 Å². The van der Waals surface area contributed by atoms with Gasteiger partial charge in [0.1, 0.15) is 5.60 Å². The van der Waals surface area contributed by atoms with Gasteiger partial charge >= 0.3 is 6.09 Å². The molecule has 20 heavy (non-hydrogen) atoms. The second-order valence-electron chi connectivity index (χ2n) is 5.52. The molecule has 0 aliphatic rings. The summed E-state index contributed by atoms with van der Waals surface area (Å²) in [4.78, 5) is 13.7. The molecule has 0 atom stereocenters. The summed E-state index contributed by atoms with van der Waals surface area (Å²) < 4.78 is 5.36. The van der Waals surface area contributed by atoms with Crippen LogP contribution in [-0.2, 0) is 11.2 Å². The van der Waals surface area contributed by atoms with Gasteiger partial charge in [0, 0.05) is 13.1 Å². The van der Waals surface area contributed by atoms with Gasteiger partial charge in [0.05, 0.1) is 10.0 Å². The number of amides is 1. The van der Waals surface area contributed by atoms with Crippen LogP contribution in [0.2, 0.25) is 10.0 Å². The van der Waals surface area contributed by atoms with E-state index in [4.69, 9.17) is 27.9 Å². The minimum atomic E-state index is -0.488. The Morgan fingerprint density at radius 1 is 1.30 bits per heavy atom. The summed E-state index contributed by atoms with van der Waals surface area (Å²) in [5.41, 5.74) is 0.444. The Kier molecular flexibility index (Phi) is 6.15. The molecule has 0 aromatic heterocycles. The maximum atomic E-state index is 12.0. The summed E-state index contributed by atoms with van der Waals surface area (Å²) in [6.45, 7) is 8.62. The van der Waals surface area contributed by atoms with Gasteiger partial charge in [0.25, 0.3) is 0 Å². The lowest BCUT2D eigenvalue weighted by Gasteiger charge is -2.26. The standard InChI is InChI=1S/C15H21Cl2NO2/c1-5-18(14(19)20-15(2,3)4)10-9-11-7-6-8-12(16)13(11)17/h6-8H,5,9-10H2,1-4H3. The van der Waals surface area contributed by atoms with E-state index in [-0.39, 0.29) is 6.09 Å². The largest absolute Gasteiger partial charge is 0.444 e. The Hall–Kier alpha value is -0.930. The molecule has 0 bridgehead atoms. The molecule has 3 nitrogen and oxygen atoms in total. The van der Waals surface area contributed by atoms with Gasteiger partial charge in [0.15, 0.2) is 0 Å². The average Bonchev–Trinajstić information content (AvgIpc) is 2.32. The summed E-state index contributed by atoms with van der Waals surface area (Å²) in [6.07, 6.45) is 0.338. The fourth-order valence-electron chi connectivity index (χ4n) is 1.70. The topological polar surface area (TPSA) is 29.5 Å². The van der Waals surface area contributed by atoms with E-state index < -0.39 is 5.60 Å². The Balaban J connectivity index is 2.66. The molecule has 1 aromatic carbocycles. The van der Waals surface area contributed by atoms with Crippen LogP contribution in [0.5, 0.6) is 0 Å². The molecule has 0 N–H and O–H groups in total. The molecule has 0 radical (unpaired) electrons. The van der Waals surface area contributed by atoms with Crippen LogP contribution in [0.15, 0.2) is 18.2 Å². The van der Waals surface area contributed by atoms with E-state index in [0.717, 1.165) is 5.56 Å². The number of likely N-dealkylation sites (N-methyl/N-ethyl adjacent to an activating group) is 1. The minimum absolute atomic E-state index is 0.307. The van der Waals surface area contributed by atoms with Crippen LogP contribution in [0.4, 0.5) is 4.79 Å². The monoisotopic (exact) mass is 317 g/mol. The minimum Gasteiger partial charge on any atom is -0.444 e. The molecule has 0 spiro atoms. The van der Waals surface area contributed by atoms with Crippen molar-refractivity contribution >= 4 is 29.3 Å². The molecule has 0 aliphatic carbocycles. The van der Waals surface area contributed by atoms with Gasteiger partial charge < -0.3 is 9.64 Å². The van der Waals surface area contributed by atoms with Crippen LogP contribution in [0, 0.1) is 0 Å². The van der Waals surface area contributed by atoms with E-state index in [9.17, 15) is 4.79 Å². The Bertz CT molecular complexity index is 469. The molecule has 1 amide bonds. The smallest absolute Gasteiger partial charge is 0.410 e. The number of halogens is 2. The number of ether oxygens (including phenoxy) is 1. The summed E-state index contributed by atoms with van der Waals surface area (Å²) in [5.74, 6) is 0. The number of rotatable bonds is 4. The maximum Gasteiger partial charge on any atom is 0.410 e. The molecule has 0 heterocycles. The summed E-state index contributed by atoms with van der Waals surface area (Å²) >= 11 is 12.1. The lowest BCUT2D eigenvalue weighted by Crippen LogP contribution is -2.37. The fourth-order valence-corrected chi connectivity index (χ4v) is 2.12. The van der Waals surface area contributed by atoms with Crippen LogP contribution in [0.1, 0.15) is 33.3 Å². The second-order valence-corrected chi connectivity index (χ2v) is 6.31. The molecule has 0 saturated carbocycles. The molecule has 1 aromatic rings. The fraction of sp³-hybridized carbons (Fsp3) is 0.533. The molecular formula is C15H21Cl2NO2. The van der Waals surface area contributed by atoms with Crippen LogP contribution < -0.4 is 0 Å². The highest BCUT2D eigenvalue weighted by Gasteiger charge is 2.21. The predicted octanol–water partition coefficient (Wildman–Crippen LogP) is 4.79. The van der Waals surface area contributed by atoms with Crippen LogP contribution in [-0.4, -0.2) is 29.7 Å². The quantitative estimate of drug-likeness (QED) is 0.798. The molecule has 0 fully saturated rings. The first-order chi connectivity index (χ1) is 9.24. The van der Waals surface area contributed by atoms with E-state index in [2.05, 4.69) is 0 Å². The number of carbonyl (C=O) groups excluding carboxylic acids is 1. The third kappa shape index (κ3) is 5.22. The number of benzene rings is 1. The molecule has 1 rings (SSSR count). The first-order valence-corrected chi connectivity index (χ1v) is 7.41. The maximum absolute atomic E-state index is 12.0. The van der Waals surface area contributed by atoms with Gasteiger partial charge in [-0.2, -0.15) is 0 Å². The van der Waals surface area contributed by atoms with E-state index in [1.165, 1.54) is 0 Å². The Labute approximate surface area is 130 Å². The second kappa shape index (κ2) is 7.19. The molecule has 112 valence electrons. The summed E-state index contributed by atoms with van der Waals surface area (Å²) in [5, 5.41) is 1.08. The molecule has 0 saturated heterocycles. The van der Waals surface area contributed by atoms with Crippen LogP contribution in [0.3, 0.4) is 0 Å². The van der Waals surface area contributed by atoms with Gasteiger partial charge in [-0.05, 0) is 45.7 Å². The van der Waals surface area contributed by atoms with Crippen molar-refractivity contribution in [2.45, 2.75) is 39.7 Å². The lowest BCUT2D eigenvalue weighted by atomic mass is 10.1. The Morgan fingerprint density at radius 3 is 2.50 bits per heavy atom. The number of carbonyl (C=O) groups is 1. The van der Waals surface area contributed by atoms with E-state index >= 15 is 0 Å². The van der Waals surface area contributed by atoms with Crippen molar-refractivity contribution in [3.63, 3.8) is 0 Å². The molecule has 0 unspecified atom stereocenters. The van der Waals surface area contributed by atoms with Crippen molar-refractivity contribution in [2.24, 2.45) is 0 Å². The first kappa shape index (κ1) is 17.1. The zero-order chi connectivity index (χ0) is 15.3. The van der Waals surface area contributed by atoms with Gasteiger partial charge in [-0.1, -0.05) is 35.3 Å². The molecular weight excluding hydrogens is 297 g/mol. The van der Waals surface area contributed by atoms with Gasteiger partial charge in [-0.25, -0.2) is 4.79 Å². The van der Waals surface area contributed by atoms with Crippen molar-refractivity contribution in [1.29, 1.82) is 0 Å². The van der Waals surface area contributed by atoms with Gasteiger partial charge in [0.2, 0.25) is 0 Å². The highest BCUT2D eigenvalue weighted by atomic mass is 35.5. The van der Waals surface area contributed by atoms with Crippen molar-refractivity contribution < 1.29 is 9.53 Å². The number of hydrogen-bond acceptors (Lipinski definition) is 2. The number of nitrogens with zero attached hydrogens (tertiary/aromatic N) is 1. The zero-order valence-electron chi connectivity index (χ0n) is 12.4. The zero-order valence-corrected chi connectivity index (χ0v) is 13.9. The van der Waals surface area contributed by atoms with Crippen molar-refractivity contribution in [1.82, 2.24) is 4.90 Å². The summed E-state index contributed by atoms with van der Waals surface area (Å²) in [7, 11) is 0. The average molecular weight is 318 g/mol. The summed E-state index contributed by atoms with van der Waals surface area (Å²) in [6, 6.07) is 5.52. The number of hydrogen-bond donors (Lipinski definition) is 0. The normalized spacial score (nSPS) is 11.3. The van der Waals surface area contributed by atoms with Crippen molar-refractivity contribution in [3.05, 3.63) is 33.8 Å². The van der Waals surface area contributed by atoms with E-state index in [1.807, 2.05) is 39.8 Å². The highest BCUT2D eigenvalue weighted by molar-refractivity contribution is 6.42. The SMILES string of the molecule is CCN(CCc1cccc(Cl)c1Cl)C(=O)OC(C)(C)C. The van der Waals surface area contributed by atoms with Crippen LogP contribution >= 0.6 is 23.2 Å². The van der Waals surface area contributed by atoms with Crippen molar-refractivity contribution in [3.8, 4) is 0 Å². The Morgan fingerprint density at radius 2 is 1.95 bits per heavy atom. The third-order valence-corrected chi connectivity index (χ3v) is 3.57. The van der Waals surface area contributed by atoms with Gasteiger partial charge in [-0.15, -0.1) is 0 Å². The van der Waals surface area contributed by atoms with Gasteiger partial charge in [-0.3, -0.25) is 0 Å². The third-order valence-electron chi connectivity index (χ3n) is 2.72. The highest BCUT2D eigenvalue weighted by Crippen LogP contribution is 2.26. The first-order valence-electron chi connectivity index (χ1n) is 6.65. The predicted molar refractivity (Wildman–Crippen MR) is 83.6 cm³/mol. The van der Waals surface area contributed by atoms with Crippen LogP contribution in [0.25, 0.3) is 0 Å². The molecule has 0 aliphatic heterocycles.